The second kappa shape index (κ2) is 4.31. The quantitative estimate of drug-likeness (QED) is 0.671. The van der Waals surface area contributed by atoms with Gasteiger partial charge in [-0.25, -0.2) is 4.98 Å². The minimum Gasteiger partial charge on any atom is -0.404 e. The first-order valence-electron chi connectivity index (χ1n) is 3.64. The Morgan fingerprint density at radius 3 is 2.53 bits per heavy atom. The van der Waals surface area contributed by atoms with Crippen molar-refractivity contribution < 1.29 is 22.3 Å². The van der Waals surface area contributed by atoms with Crippen molar-refractivity contribution in [1.29, 1.82) is 0 Å². The van der Waals surface area contributed by atoms with Gasteiger partial charge in [0.25, 0.3) is 0 Å². The van der Waals surface area contributed by atoms with E-state index < -0.39 is 30.2 Å². The van der Waals surface area contributed by atoms with Gasteiger partial charge in [-0.3, -0.25) is 0 Å². The second-order valence-electron chi connectivity index (χ2n) is 2.46. The Kier molecular flexibility index (Phi) is 3.50. The maximum Gasteiger partial charge on any atom is 0.573 e. The molecule has 0 radical (unpaired) electrons. The van der Waals surface area contributed by atoms with Crippen LogP contribution < -0.4 is 10.5 Å². The lowest BCUT2D eigenvalue weighted by molar-refractivity contribution is -0.275. The molecule has 1 heterocycles. The van der Waals surface area contributed by atoms with Gasteiger partial charge in [0, 0.05) is 12.7 Å². The van der Waals surface area contributed by atoms with Crippen LogP contribution in [0.1, 0.15) is 5.56 Å². The van der Waals surface area contributed by atoms with Crippen molar-refractivity contribution in [3.63, 3.8) is 0 Å². The molecular weight excluding hydrogens is 284 g/mol. The van der Waals surface area contributed by atoms with Crippen molar-refractivity contribution >= 4 is 15.9 Å². The Labute approximate surface area is 90.4 Å². The van der Waals surface area contributed by atoms with Gasteiger partial charge in [-0.15, -0.1) is 13.2 Å². The third-order valence-electron chi connectivity index (χ3n) is 1.45. The third-order valence-corrected chi connectivity index (χ3v) is 2.02. The fourth-order valence-corrected chi connectivity index (χ4v) is 1.31. The number of hydrogen-bond donors (Lipinski definition) is 1. The van der Waals surface area contributed by atoms with Gasteiger partial charge in [-0.1, -0.05) is 0 Å². The van der Waals surface area contributed by atoms with Crippen LogP contribution in [0.4, 0.5) is 17.6 Å². The van der Waals surface area contributed by atoms with E-state index in [1.807, 2.05) is 0 Å². The number of nitrogens with two attached hydrogens (primary N) is 1. The molecule has 0 aliphatic carbocycles. The highest BCUT2D eigenvalue weighted by atomic mass is 79.9. The van der Waals surface area contributed by atoms with E-state index in [1.54, 1.807) is 0 Å². The lowest BCUT2D eigenvalue weighted by atomic mass is 10.2. The summed E-state index contributed by atoms with van der Waals surface area (Å²) in [5.74, 6) is -1.78. The fourth-order valence-electron chi connectivity index (χ4n) is 0.891. The largest absolute Gasteiger partial charge is 0.573 e. The number of ether oxygens (including phenoxy) is 1. The van der Waals surface area contributed by atoms with E-state index in [0.29, 0.717) is 0 Å². The summed E-state index contributed by atoms with van der Waals surface area (Å²) in [5.41, 5.74) is 4.66. The number of hydrogen-bond acceptors (Lipinski definition) is 3. The molecule has 0 aliphatic heterocycles. The number of aromatic nitrogens is 1. The van der Waals surface area contributed by atoms with Gasteiger partial charge in [0.1, 0.15) is 0 Å². The first-order chi connectivity index (χ1) is 6.85. The summed E-state index contributed by atoms with van der Waals surface area (Å²) >= 11 is 2.77. The molecule has 1 rings (SSSR count). The van der Waals surface area contributed by atoms with E-state index in [1.165, 1.54) is 0 Å². The topological polar surface area (TPSA) is 48.1 Å². The van der Waals surface area contributed by atoms with Gasteiger partial charge < -0.3 is 10.5 Å². The van der Waals surface area contributed by atoms with E-state index >= 15 is 0 Å². The molecule has 15 heavy (non-hydrogen) atoms. The van der Waals surface area contributed by atoms with Crippen LogP contribution in [0.5, 0.6) is 5.75 Å². The number of pyridine rings is 1. The summed E-state index contributed by atoms with van der Waals surface area (Å²) in [4.78, 5) is 3.20. The van der Waals surface area contributed by atoms with E-state index in [4.69, 9.17) is 5.73 Å². The molecule has 2 N–H and O–H groups in total. The Morgan fingerprint density at radius 1 is 1.47 bits per heavy atom. The van der Waals surface area contributed by atoms with Crippen LogP contribution in [-0.4, -0.2) is 11.3 Å². The summed E-state index contributed by atoms with van der Waals surface area (Å²) in [7, 11) is 0. The minimum absolute atomic E-state index is 0.110. The van der Waals surface area contributed by atoms with Crippen LogP contribution in [0.3, 0.4) is 0 Å². The Bertz CT molecular complexity index is 369. The molecule has 0 aliphatic rings. The summed E-state index contributed by atoms with van der Waals surface area (Å²) in [6.45, 7) is -0.441. The van der Waals surface area contributed by atoms with Gasteiger partial charge in [0.2, 0.25) is 5.95 Å². The average Bonchev–Trinajstić information content (AvgIpc) is 2.10. The van der Waals surface area contributed by atoms with Crippen molar-refractivity contribution in [1.82, 2.24) is 4.98 Å². The molecule has 0 fully saturated rings. The lowest BCUT2D eigenvalue weighted by Crippen LogP contribution is -2.20. The fraction of sp³-hybridized carbons (Fsp3) is 0.286. The SMILES string of the molecule is NCc1c(F)ncc(Br)c1OC(F)(F)F. The highest BCUT2D eigenvalue weighted by Crippen LogP contribution is 2.33. The minimum atomic E-state index is -4.90. The Morgan fingerprint density at radius 2 is 2.07 bits per heavy atom. The molecule has 0 saturated heterocycles. The first kappa shape index (κ1) is 12.2. The zero-order chi connectivity index (χ0) is 11.6. The molecule has 0 saturated carbocycles. The van der Waals surface area contributed by atoms with Crippen molar-refractivity contribution in [2.75, 3.05) is 0 Å². The molecule has 0 aromatic carbocycles. The summed E-state index contributed by atoms with van der Waals surface area (Å²) in [6, 6.07) is 0. The summed E-state index contributed by atoms with van der Waals surface area (Å²) in [5, 5.41) is 0. The average molecular weight is 289 g/mol. The number of halogens is 5. The first-order valence-corrected chi connectivity index (χ1v) is 4.43. The predicted octanol–water partition coefficient (Wildman–Crippen LogP) is 2.34. The maximum atomic E-state index is 12.9. The molecule has 84 valence electrons. The van der Waals surface area contributed by atoms with E-state index in [2.05, 4.69) is 25.7 Å². The highest BCUT2D eigenvalue weighted by molar-refractivity contribution is 9.10. The molecule has 1 aromatic rings. The van der Waals surface area contributed by atoms with Gasteiger partial charge in [-0.2, -0.15) is 4.39 Å². The van der Waals surface area contributed by atoms with Gasteiger partial charge in [0.05, 0.1) is 10.0 Å². The molecule has 1 aromatic heterocycles. The summed E-state index contributed by atoms with van der Waals surface area (Å²) < 4.78 is 52.3. The zero-order valence-corrected chi connectivity index (χ0v) is 8.69. The van der Waals surface area contributed by atoms with Gasteiger partial charge in [0.15, 0.2) is 5.75 Å². The molecule has 0 unspecified atom stereocenters. The van der Waals surface area contributed by atoms with Crippen molar-refractivity contribution in [2.45, 2.75) is 12.9 Å². The van der Waals surface area contributed by atoms with Gasteiger partial charge >= 0.3 is 6.36 Å². The molecular formula is C7H5BrF4N2O. The highest BCUT2D eigenvalue weighted by Gasteiger charge is 2.33. The van der Waals surface area contributed by atoms with E-state index in [0.717, 1.165) is 6.20 Å². The lowest BCUT2D eigenvalue weighted by Gasteiger charge is -2.13. The van der Waals surface area contributed by atoms with Crippen molar-refractivity contribution in [3.05, 3.63) is 22.2 Å². The number of rotatable bonds is 2. The van der Waals surface area contributed by atoms with Crippen LogP contribution in [0.2, 0.25) is 0 Å². The second-order valence-corrected chi connectivity index (χ2v) is 3.31. The summed E-state index contributed by atoms with van der Waals surface area (Å²) in [6.07, 6.45) is -4.03. The molecule has 0 amide bonds. The molecule has 3 nitrogen and oxygen atoms in total. The predicted molar refractivity (Wildman–Crippen MR) is 46.5 cm³/mol. The Hall–Kier alpha value is -0.890. The van der Waals surface area contributed by atoms with Gasteiger partial charge in [-0.05, 0) is 15.9 Å². The number of nitrogens with zero attached hydrogens (tertiary/aromatic N) is 1. The smallest absolute Gasteiger partial charge is 0.404 e. The maximum absolute atomic E-state index is 12.9. The van der Waals surface area contributed by atoms with Crippen LogP contribution in [0.25, 0.3) is 0 Å². The Balaban J connectivity index is 3.20. The van der Waals surface area contributed by atoms with Crippen LogP contribution >= 0.6 is 15.9 Å². The number of alkyl halides is 3. The third kappa shape index (κ3) is 3.03. The molecule has 0 bridgehead atoms. The van der Waals surface area contributed by atoms with Crippen LogP contribution in [0, 0.1) is 5.95 Å². The molecule has 0 spiro atoms. The normalized spacial score (nSPS) is 11.6. The van der Waals surface area contributed by atoms with Crippen molar-refractivity contribution in [3.8, 4) is 5.75 Å². The standard InChI is InChI=1S/C7H5BrF4N2O/c8-4-2-14-6(9)3(1-13)5(4)15-7(10,11)12/h2H,1,13H2. The van der Waals surface area contributed by atoms with Crippen LogP contribution in [0.15, 0.2) is 10.7 Å². The molecule has 0 atom stereocenters. The van der Waals surface area contributed by atoms with Crippen LogP contribution in [-0.2, 0) is 6.54 Å². The zero-order valence-electron chi connectivity index (χ0n) is 7.11. The van der Waals surface area contributed by atoms with E-state index in [-0.39, 0.29) is 4.47 Å². The van der Waals surface area contributed by atoms with Crippen molar-refractivity contribution in [2.24, 2.45) is 5.73 Å². The monoisotopic (exact) mass is 288 g/mol. The molecule has 8 heteroatoms. The van der Waals surface area contributed by atoms with E-state index in [9.17, 15) is 17.6 Å².